The highest BCUT2D eigenvalue weighted by Crippen LogP contribution is 2.19. The van der Waals surface area contributed by atoms with Gasteiger partial charge in [0.1, 0.15) is 11.6 Å². The Kier molecular flexibility index (Phi) is 4.68. The first-order valence-corrected chi connectivity index (χ1v) is 6.74. The van der Waals surface area contributed by atoms with Crippen LogP contribution in [0, 0.1) is 5.82 Å². The summed E-state index contributed by atoms with van der Waals surface area (Å²) in [5.41, 5.74) is 0.721. The fourth-order valence-electron chi connectivity index (χ4n) is 2.28. The molecule has 1 aromatic heterocycles. The van der Waals surface area contributed by atoms with Crippen LogP contribution in [-0.4, -0.2) is 16.1 Å². The summed E-state index contributed by atoms with van der Waals surface area (Å²) in [5, 5.41) is 3.39. The van der Waals surface area contributed by atoms with E-state index in [4.69, 9.17) is 0 Å². The van der Waals surface area contributed by atoms with Gasteiger partial charge < -0.3 is 9.88 Å². The van der Waals surface area contributed by atoms with Crippen LogP contribution in [0.5, 0.6) is 0 Å². The van der Waals surface area contributed by atoms with E-state index in [2.05, 4.69) is 21.8 Å². The topological polar surface area (TPSA) is 29.9 Å². The molecule has 19 heavy (non-hydrogen) atoms. The van der Waals surface area contributed by atoms with Crippen LogP contribution in [0.15, 0.2) is 36.7 Å². The average Bonchev–Trinajstić information content (AvgIpc) is 2.89. The number of hydrogen-bond acceptors (Lipinski definition) is 2. The van der Waals surface area contributed by atoms with Crippen molar-refractivity contribution in [2.75, 3.05) is 6.54 Å². The van der Waals surface area contributed by atoms with E-state index < -0.39 is 0 Å². The second kappa shape index (κ2) is 6.48. The lowest BCUT2D eigenvalue weighted by Crippen LogP contribution is -2.26. The van der Waals surface area contributed by atoms with E-state index >= 15 is 0 Å². The molecular formula is C15H20FN3. The summed E-state index contributed by atoms with van der Waals surface area (Å²) >= 11 is 0. The predicted molar refractivity (Wildman–Crippen MR) is 74.4 cm³/mol. The van der Waals surface area contributed by atoms with E-state index in [0.29, 0.717) is 6.42 Å². The maximum atomic E-state index is 13.8. The van der Waals surface area contributed by atoms with E-state index in [1.165, 1.54) is 6.07 Å². The van der Waals surface area contributed by atoms with Gasteiger partial charge in [-0.25, -0.2) is 9.37 Å². The summed E-state index contributed by atoms with van der Waals surface area (Å²) in [5.74, 6) is 0.813. The quantitative estimate of drug-likeness (QED) is 0.866. The van der Waals surface area contributed by atoms with Crippen molar-refractivity contribution in [3.8, 4) is 0 Å². The molecule has 0 radical (unpaired) electrons. The minimum absolute atomic E-state index is 0.0387. The van der Waals surface area contributed by atoms with Crippen LogP contribution < -0.4 is 5.32 Å². The number of rotatable bonds is 6. The zero-order valence-electron chi connectivity index (χ0n) is 11.4. The molecule has 2 aromatic rings. The number of nitrogens with one attached hydrogen (secondary N) is 1. The van der Waals surface area contributed by atoms with Gasteiger partial charge in [0.25, 0.3) is 0 Å². The Morgan fingerprint density at radius 1 is 1.32 bits per heavy atom. The first kappa shape index (κ1) is 13.7. The van der Waals surface area contributed by atoms with Gasteiger partial charge in [0.15, 0.2) is 0 Å². The van der Waals surface area contributed by atoms with Crippen molar-refractivity contribution in [2.24, 2.45) is 0 Å². The molecular weight excluding hydrogens is 241 g/mol. The Morgan fingerprint density at radius 3 is 2.79 bits per heavy atom. The zero-order chi connectivity index (χ0) is 13.7. The van der Waals surface area contributed by atoms with Crippen LogP contribution in [-0.2, 0) is 13.0 Å². The highest BCUT2D eigenvalue weighted by atomic mass is 19.1. The minimum atomic E-state index is -0.153. The smallest absolute Gasteiger partial charge is 0.126 e. The molecule has 1 unspecified atom stereocenters. The monoisotopic (exact) mass is 261 g/mol. The maximum absolute atomic E-state index is 13.8. The van der Waals surface area contributed by atoms with E-state index in [0.717, 1.165) is 24.5 Å². The Balaban J connectivity index is 2.24. The molecule has 3 nitrogen and oxygen atoms in total. The number of imidazole rings is 1. The third-order valence-corrected chi connectivity index (χ3v) is 3.23. The number of likely N-dealkylation sites (N-methyl/N-ethyl adjacent to an activating group) is 1. The van der Waals surface area contributed by atoms with Gasteiger partial charge in [-0.2, -0.15) is 0 Å². The van der Waals surface area contributed by atoms with Crippen LogP contribution in [0.3, 0.4) is 0 Å². The second-order valence-electron chi connectivity index (χ2n) is 4.48. The van der Waals surface area contributed by atoms with Gasteiger partial charge in [-0.3, -0.25) is 0 Å². The molecule has 1 N–H and O–H groups in total. The van der Waals surface area contributed by atoms with E-state index in [1.54, 1.807) is 12.3 Å². The molecule has 0 saturated heterocycles. The molecule has 4 heteroatoms. The van der Waals surface area contributed by atoms with Crippen molar-refractivity contribution in [1.82, 2.24) is 14.9 Å². The first-order chi connectivity index (χ1) is 9.26. The van der Waals surface area contributed by atoms with Crippen molar-refractivity contribution in [2.45, 2.75) is 32.9 Å². The first-order valence-electron chi connectivity index (χ1n) is 6.74. The molecule has 0 fully saturated rings. The van der Waals surface area contributed by atoms with Gasteiger partial charge in [0.05, 0.1) is 6.04 Å². The fourth-order valence-corrected chi connectivity index (χ4v) is 2.28. The minimum Gasteiger partial charge on any atom is -0.334 e. The summed E-state index contributed by atoms with van der Waals surface area (Å²) < 4.78 is 15.9. The molecule has 1 atom stereocenters. The Morgan fingerprint density at radius 2 is 2.11 bits per heavy atom. The summed E-state index contributed by atoms with van der Waals surface area (Å²) in [6.07, 6.45) is 4.36. The summed E-state index contributed by atoms with van der Waals surface area (Å²) in [6, 6.07) is 6.96. The molecule has 0 saturated carbocycles. The lowest BCUT2D eigenvalue weighted by atomic mass is 10.0. The van der Waals surface area contributed by atoms with Gasteiger partial charge in [-0.1, -0.05) is 25.1 Å². The number of benzene rings is 1. The molecule has 2 rings (SSSR count). The van der Waals surface area contributed by atoms with Gasteiger partial charge in [0.2, 0.25) is 0 Å². The van der Waals surface area contributed by atoms with Crippen molar-refractivity contribution in [3.63, 3.8) is 0 Å². The molecule has 0 aliphatic carbocycles. The van der Waals surface area contributed by atoms with Crippen LogP contribution in [0.25, 0.3) is 0 Å². The average molecular weight is 261 g/mol. The molecule has 0 aliphatic rings. The third kappa shape index (κ3) is 3.20. The van der Waals surface area contributed by atoms with E-state index in [-0.39, 0.29) is 11.9 Å². The molecule has 102 valence electrons. The lowest BCUT2D eigenvalue weighted by Gasteiger charge is -2.19. The maximum Gasteiger partial charge on any atom is 0.126 e. The van der Waals surface area contributed by atoms with Crippen LogP contribution in [0.4, 0.5) is 4.39 Å². The van der Waals surface area contributed by atoms with Crippen molar-refractivity contribution in [3.05, 3.63) is 53.9 Å². The normalized spacial score (nSPS) is 12.6. The third-order valence-electron chi connectivity index (χ3n) is 3.23. The molecule has 1 aromatic carbocycles. The van der Waals surface area contributed by atoms with Crippen LogP contribution in [0.1, 0.15) is 31.3 Å². The molecule has 0 bridgehead atoms. The number of aromatic nitrogens is 2. The fraction of sp³-hybridized carbons (Fsp3) is 0.400. The van der Waals surface area contributed by atoms with Gasteiger partial charge in [0, 0.05) is 18.9 Å². The van der Waals surface area contributed by atoms with Gasteiger partial charge in [-0.15, -0.1) is 0 Å². The number of halogens is 1. The number of hydrogen-bond donors (Lipinski definition) is 1. The van der Waals surface area contributed by atoms with Gasteiger partial charge in [-0.05, 0) is 31.5 Å². The lowest BCUT2D eigenvalue weighted by molar-refractivity contribution is 0.484. The summed E-state index contributed by atoms with van der Waals surface area (Å²) in [7, 11) is 0. The molecule has 0 spiro atoms. The Bertz CT molecular complexity index is 522. The SMILES string of the molecule is CCNC(Cc1ccccc1F)c1nccn1CC. The van der Waals surface area contributed by atoms with Crippen molar-refractivity contribution >= 4 is 0 Å². The van der Waals surface area contributed by atoms with Crippen LogP contribution in [0.2, 0.25) is 0 Å². The standard InChI is InChI=1S/C15H20FN3/c1-3-17-14(15-18-9-10-19(15)4-2)11-12-7-5-6-8-13(12)16/h5-10,14,17H,3-4,11H2,1-2H3. The Labute approximate surface area is 113 Å². The summed E-state index contributed by atoms with van der Waals surface area (Å²) in [6.45, 7) is 5.83. The molecule has 0 amide bonds. The van der Waals surface area contributed by atoms with Crippen LogP contribution >= 0.6 is 0 Å². The van der Waals surface area contributed by atoms with Crippen molar-refractivity contribution in [1.29, 1.82) is 0 Å². The zero-order valence-corrected chi connectivity index (χ0v) is 11.4. The number of nitrogens with zero attached hydrogens (tertiary/aromatic N) is 2. The number of aryl methyl sites for hydroxylation is 1. The highest BCUT2D eigenvalue weighted by Gasteiger charge is 2.17. The highest BCUT2D eigenvalue weighted by molar-refractivity contribution is 5.20. The van der Waals surface area contributed by atoms with E-state index in [9.17, 15) is 4.39 Å². The molecule has 0 aliphatic heterocycles. The summed E-state index contributed by atoms with van der Waals surface area (Å²) in [4.78, 5) is 4.41. The van der Waals surface area contributed by atoms with Gasteiger partial charge >= 0.3 is 0 Å². The van der Waals surface area contributed by atoms with Crippen molar-refractivity contribution < 1.29 is 4.39 Å². The Hall–Kier alpha value is -1.68. The largest absolute Gasteiger partial charge is 0.334 e. The second-order valence-corrected chi connectivity index (χ2v) is 4.48. The predicted octanol–water partition coefficient (Wildman–Crippen LogP) is 2.94. The van der Waals surface area contributed by atoms with E-state index in [1.807, 2.05) is 25.3 Å². The molecule has 1 heterocycles.